The molecule has 0 spiro atoms. The molecule has 0 bridgehead atoms. The van der Waals surface area contributed by atoms with Gasteiger partial charge in [0.1, 0.15) is 0 Å². The average Bonchev–Trinajstić information content (AvgIpc) is 2.61. The summed E-state index contributed by atoms with van der Waals surface area (Å²) in [6.07, 6.45) is 4.59. The van der Waals surface area contributed by atoms with Crippen molar-refractivity contribution in [3.05, 3.63) is 53.6 Å². The van der Waals surface area contributed by atoms with Gasteiger partial charge in [-0.3, -0.25) is 0 Å². The fourth-order valence-corrected chi connectivity index (χ4v) is 2.92. The molecular weight excluding hydrogens is 247 g/mol. The summed E-state index contributed by atoms with van der Waals surface area (Å²) in [5, 5.41) is 2.74. The summed E-state index contributed by atoms with van der Waals surface area (Å²) in [4.78, 5) is 0. The minimum absolute atomic E-state index is 0.668. The number of fused-ring (bicyclic) bond motifs is 3. The van der Waals surface area contributed by atoms with Gasteiger partial charge in [0.25, 0.3) is 0 Å². The van der Waals surface area contributed by atoms with Crippen LogP contribution in [0.15, 0.2) is 42.5 Å². The fourth-order valence-electron chi connectivity index (χ4n) is 2.07. The molecule has 14 heavy (non-hydrogen) atoms. The molecule has 65 valence electrons. The van der Waals surface area contributed by atoms with Gasteiger partial charge in [0.05, 0.1) is 0 Å². The molecule has 0 aromatic heterocycles. The van der Waals surface area contributed by atoms with E-state index in [1.54, 1.807) is 24.7 Å². The van der Waals surface area contributed by atoms with E-state index in [0.29, 0.717) is 3.63 Å². The Bertz CT molecular complexity index is 526. The maximum atomic E-state index is 2.31. The zero-order valence-corrected chi connectivity index (χ0v) is 10.2. The van der Waals surface area contributed by atoms with Crippen molar-refractivity contribution in [1.29, 1.82) is 0 Å². The quantitative estimate of drug-likeness (QED) is 0.677. The summed E-state index contributed by atoms with van der Waals surface area (Å²) >= 11 is 1.58. The third-order valence-corrected chi connectivity index (χ3v) is 4.03. The molecule has 1 aliphatic rings. The van der Waals surface area contributed by atoms with Gasteiger partial charge in [-0.25, -0.2) is 0 Å². The Labute approximate surface area is 98.5 Å². The number of hydrogen-bond donors (Lipinski definition) is 0. The van der Waals surface area contributed by atoms with Crippen LogP contribution in [0.4, 0.5) is 0 Å². The number of allylic oxidation sites excluding steroid dienone is 1. The molecule has 0 radical (unpaired) electrons. The van der Waals surface area contributed by atoms with E-state index in [1.165, 1.54) is 21.9 Å². The Morgan fingerprint density at radius 3 is 2.79 bits per heavy atom. The van der Waals surface area contributed by atoms with Gasteiger partial charge in [-0.1, -0.05) is 0 Å². The zero-order chi connectivity index (χ0) is 9.54. The molecule has 2 aromatic rings. The van der Waals surface area contributed by atoms with E-state index in [2.05, 4.69) is 48.6 Å². The van der Waals surface area contributed by atoms with E-state index in [4.69, 9.17) is 0 Å². The summed E-state index contributed by atoms with van der Waals surface area (Å²) in [5.41, 5.74) is 2.94. The summed E-state index contributed by atoms with van der Waals surface area (Å²) in [5.74, 6) is 0. The van der Waals surface area contributed by atoms with Gasteiger partial charge in [-0.05, 0) is 0 Å². The molecule has 0 N–H and O–H groups in total. The van der Waals surface area contributed by atoms with Gasteiger partial charge in [-0.2, -0.15) is 0 Å². The Morgan fingerprint density at radius 2 is 1.86 bits per heavy atom. The minimum atomic E-state index is 0.668. The molecule has 0 amide bonds. The Morgan fingerprint density at radius 1 is 1.00 bits per heavy atom. The first kappa shape index (κ1) is 8.62. The molecule has 1 atom stereocenters. The number of rotatable bonds is 0. The van der Waals surface area contributed by atoms with Crippen molar-refractivity contribution in [2.24, 2.45) is 0 Å². The van der Waals surface area contributed by atoms with Crippen LogP contribution in [0.2, 0.25) is 0 Å². The van der Waals surface area contributed by atoms with Crippen molar-refractivity contribution in [2.45, 2.75) is 3.63 Å². The predicted octanol–water partition coefficient (Wildman–Crippen LogP) is 3.45. The molecule has 0 nitrogen and oxygen atoms in total. The number of benzene rings is 2. The standard InChI is InChI=1S/C13H9.Zr/c1-2-6-12-10(4-1)8-9-11-5-3-7-13(11)12;/h1-9H;. The van der Waals surface area contributed by atoms with Crippen molar-refractivity contribution in [2.75, 3.05) is 0 Å². The molecule has 1 heteroatoms. The Hall–Kier alpha value is -0.677. The normalized spacial score (nSPS) is 18.6. The van der Waals surface area contributed by atoms with Crippen LogP contribution in [0.3, 0.4) is 0 Å². The molecule has 3 rings (SSSR count). The van der Waals surface area contributed by atoms with Crippen LogP contribution in [0, 0.1) is 0 Å². The van der Waals surface area contributed by atoms with Gasteiger partial charge in [0.15, 0.2) is 0 Å². The molecule has 2 aromatic carbocycles. The van der Waals surface area contributed by atoms with E-state index in [9.17, 15) is 0 Å². The second kappa shape index (κ2) is 3.17. The molecule has 0 heterocycles. The second-order valence-corrected chi connectivity index (χ2v) is 5.16. The van der Waals surface area contributed by atoms with Crippen molar-refractivity contribution >= 4 is 16.8 Å². The van der Waals surface area contributed by atoms with Crippen LogP contribution in [-0.2, 0) is 24.7 Å². The first-order valence-electron chi connectivity index (χ1n) is 4.77. The topological polar surface area (TPSA) is 0 Å². The molecule has 1 unspecified atom stereocenters. The van der Waals surface area contributed by atoms with E-state index in [1.807, 2.05) is 0 Å². The first-order chi connectivity index (χ1) is 6.86. The van der Waals surface area contributed by atoms with Crippen LogP contribution in [0.1, 0.15) is 14.8 Å². The van der Waals surface area contributed by atoms with Crippen LogP contribution >= 0.6 is 0 Å². The third kappa shape index (κ3) is 1.15. The molecule has 0 aliphatic heterocycles. The molecule has 0 fully saturated rings. The molecule has 0 saturated carbocycles. The number of hydrogen-bond acceptors (Lipinski definition) is 0. The van der Waals surface area contributed by atoms with Gasteiger partial charge in [0.2, 0.25) is 0 Å². The van der Waals surface area contributed by atoms with E-state index in [-0.39, 0.29) is 0 Å². The van der Waals surface area contributed by atoms with Crippen molar-refractivity contribution in [1.82, 2.24) is 0 Å². The monoisotopic (exact) mass is 255 g/mol. The van der Waals surface area contributed by atoms with Crippen molar-refractivity contribution in [3.8, 4) is 0 Å². The molecular formula is C13H9Zr. The summed E-state index contributed by atoms with van der Waals surface area (Å²) < 4.78 is 0.668. The average molecular weight is 256 g/mol. The Balaban J connectivity index is 2.43. The van der Waals surface area contributed by atoms with Gasteiger partial charge in [0, 0.05) is 0 Å². The second-order valence-electron chi connectivity index (χ2n) is 3.63. The summed E-state index contributed by atoms with van der Waals surface area (Å²) in [6.45, 7) is 0. The zero-order valence-electron chi connectivity index (χ0n) is 7.70. The summed E-state index contributed by atoms with van der Waals surface area (Å²) in [7, 11) is 0. The molecule has 0 saturated heterocycles. The first-order valence-corrected chi connectivity index (χ1v) is 6.19. The van der Waals surface area contributed by atoms with Crippen LogP contribution in [0.25, 0.3) is 16.8 Å². The van der Waals surface area contributed by atoms with E-state index >= 15 is 0 Å². The molecule has 1 aliphatic carbocycles. The van der Waals surface area contributed by atoms with E-state index < -0.39 is 0 Å². The summed E-state index contributed by atoms with van der Waals surface area (Å²) in [6, 6.07) is 13.1. The van der Waals surface area contributed by atoms with Gasteiger partial charge >= 0.3 is 98.8 Å². The third-order valence-electron chi connectivity index (χ3n) is 2.79. The predicted molar refractivity (Wildman–Crippen MR) is 55.7 cm³/mol. The van der Waals surface area contributed by atoms with Crippen LogP contribution in [-0.4, -0.2) is 0 Å². The van der Waals surface area contributed by atoms with Gasteiger partial charge in [-0.15, -0.1) is 0 Å². The van der Waals surface area contributed by atoms with Crippen molar-refractivity contribution in [3.63, 3.8) is 0 Å². The van der Waals surface area contributed by atoms with Crippen LogP contribution in [0.5, 0.6) is 0 Å². The SMILES string of the molecule is [Zr][CH]1C=Cc2c1ccc1ccccc21. The Kier molecular flexibility index (Phi) is 1.95. The maximum absolute atomic E-state index is 2.31. The fraction of sp³-hybridized carbons (Fsp3) is 0.0769. The van der Waals surface area contributed by atoms with Crippen molar-refractivity contribution < 1.29 is 24.7 Å². The van der Waals surface area contributed by atoms with Gasteiger partial charge < -0.3 is 0 Å². The van der Waals surface area contributed by atoms with Crippen LogP contribution < -0.4 is 0 Å². The van der Waals surface area contributed by atoms with E-state index in [0.717, 1.165) is 0 Å².